The smallest absolute Gasteiger partial charge is 0.116 e. The zero-order chi connectivity index (χ0) is 9.36. The molecule has 76 valence electrons. The normalized spacial score (nSPS) is 20.8. The molecule has 0 amide bonds. The molecule has 2 nitrogen and oxygen atoms in total. The van der Waals surface area contributed by atoms with E-state index in [9.17, 15) is 0 Å². The van der Waals surface area contributed by atoms with Crippen molar-refractivity contribution < 1.29 is 9.47 Å². The van der Waals surface area contributed by atoms with Gasteiger partial charge in [0.05, 0.1) is 12.9 Å². The summed E-state index contributed by atoms with van der Waals surface area (Å²) in [6.07, 6.45) is 10.7. The van der Waals surface area contributed by atoms with Crippen LogP contribution < -0.4 is 0 Å². The van der Waals surface area contributed by atoms with Crippen LogP contribution in [0.5, 0.6) is 0 Å². The van der Waals surface area contributed by atoms with Crippen molar-refractivity contribution in [2.24, 2.45) is 0 Å². The highest BCUT2D eigenvalue weighted by atomic mass is 16.6. The van der Waals surface area contributed by atoms with E-state index >= 15 is 0 Å². The Bertz CT molecular complexity index is 139. The van der Waals surface area contributed by atoms with E-state index in [1.54, 1.807) is 0 Å². The zero-order valence-electron chi connectivity index (χ0n) is 8.50. The first-order valence-electron chi connectivity index (χ1n) is 5.31. The maximum absolute atomic E-state index is 5.26. The molecule has 1 aliphatic rings. The lowest BCUT2D eigenvalue weighted by atomic mass is 10.1. The molecule has 2 heteroatoms. The molecule has 1 aliphatic heterocycles. The van der Waals surface area contributed by atoms with Gasteiger partial charge in [-0.3, -0.25) is 0 Å². The highest BCUT2D eigenvalue weighted by Crippen LogP contribution is 2.08. The lowest BCUT2D eigenvalue weighted by molar-refractivity contribution is 0.211. The molecule has 0 spiro atoms. The third-order valence-electron chi connectivity index (χ3n) is 2.10. The number of hydrogen-bond donors (Lipinski definition) is 0. The molecule has 13 heavy (non-hydrogen) atoms. The Hall–Kier alpha value is -0.500. The minimum Gasteiger partial charge on any atom is -0.499 e. The number of allylic oxidation sites excluding steroid dienone is 1. The largest absolute Gasteiger partial charge is 0.499 e. The molecular weight excluding hydrogens is 164 g/mol. The van der Waals surface area contributed by atoms with Gasteiger partial charge in [-0.2, -0.15) is 0 Å². The van der Waals surface area contributed by atoms with Crippen LogP contribution in [-0.4, -0.2) is 19.3 Å². The number of ether oxygens (including phenoxy) is 2. The summed E-state index contributed by atoms with van der Waals surface area (Å²) in [4.78, 5) is 0. The van der Waals surface area contributed by atoms with Crippen LogP contribution in [0.3, 0.4) is 0 Å². The van der Waals surface area contributed by atoms with E-state index in [1.165, 1.54) is 25.7 Å². The highest BCUT2D eigenvalue weighted by molar-refractivity contribution is 4.75. The van der Waals surface area contributed by atoms with Crippen molar-refractivity contribution in [1.29, 1.82) is 0 Å². The summed E-state index contributed by atoms with van der Waals surface area (Å²) in [6.45, 7) is 3.84. The average molecular weight is 184 g/mol. The summed E-state index contributed by atoms with van der Waals surface area (Å²) < 4.78 is 10.3. The monoisotopic (exact) mass is 184 g/mol. The van der Waals surface area contributed by atoms with Gasteiger partial charge in [0.1, 0.15) is 12.7 Å². The lowest BCUT2D eigenvalue weighted by Gasteiger charge is -1.96. The summed E-state index contributed by atoms with van der Waals surface area (Å²) in [7, 11) is 0. The van der Waals surface area contributed by atoms with Crippen molar-refractivity contribution in [1.82, 2.24) is 0 Å². The van der Waals surface area contributed by atoms with Gasteiger partial charge in [0.2, 0.25) is 0 Å². The molecule has 0 aromatic heterocycles. The maximum Gasteiger partial charge on any atom is 0.116 e. The lowest BCUT2D eigenvalue weighted by Crippen LogP contribution is -1.94. The molecule has 1 unspecified atom stereocenters. The minimum atomic E-state index is 0.379. The minimum absolute atomic E-state index is 0.379. The van der Waals surface area contributed by atoms with Crippen molar-refractivity contribution in [3.8, 4) is 0 Å². The first-order chi connectivity index (χ1) is 6.43. The third-order valence-corrected chi connectivity index (χ3v) is 2.10. The molecule has 1 saturated heterocycles. The zero-order valence-corrected chi connectivity index (χ0v) is 8.50. The van der Waals surface area contributed by atoms with Gasteiger partial charge in [0.15, 0.2) is 0 Å². The van der Waals surface area contributed by atoms with E-state index < -0.39 is 0 Å². The van der Waals surface area contributed by atoms with Crippen LogP contribution in [0, 0.1) is 0 Å². The average Bonchev–Trinajstić information content (AvgIpc) is 2.93. The van der Waals surface area contributed by atoms with Crippen molar-refractivity contribution in [2.45, 2.75) is 45.1 Å². The Kier molecular flexibility index (Phi) is 5.66. The summed E-state index contributed by atoms with van der Waals surface area (Å²) in [5.41, 5.74) is 0. The van der Waals surface area contributed by atoms with Crippen LogP contribution in [-0.2, 0) is 9.47 Å². The van der Waals surface area contributed by atoms with Crippen LogP contribution in [0.15, 0.2) is 12.3 Å². The van der Waals surface area contributed by atoms with Gasteiger partial charge in [0.25, 0.3) is 0 Å². The summed E-state index contributed by atoms with van der Waals surface area (Å²) in [5, 5.41) is 0. The summed E-state index contributed by atoms with van der Waals surface area (Å²) in [6, 6.07) is 0. The van der Waals surface area contributed by atoms with E-state index in [1.807, 2.05) is 6.26 Å². The molecule has 0 aromatic rings. The van der Waals surface area contributed by atoms with Crippen LogP contribution >= 0.6 is 0 Å². The van der Waals surface area contributed by atoms with E-state index in [-0.39, 0.29) is 0 Å². The quantitative estimate of drug-likeness (QED) is 0.329. The van der Waals surface area contributed by atoms with Gasteiger partial charge >= 0.3 is 0 Å². The number of unbranched alkanes of at least 4 members (excludes halogenated alkanes) is 4. The second-order valence-corrected chi connectivity index (χ2v) is 3.51. The predicted molar refractivity (Wildman–Crippen MR) is 53.6 cm³/mol. The maximum atomic E-state index is 5.26. The molecule has 1 fully saturated rings. The van der Waals surface area contributed by atoms with Crippen molar-refractivity contribution >= 4 is 0 Å². The Morgan fingerprint density at radius 1 is 1.38 bits per heavy atom. The molecule has 0 N–H and O–H groups in total. The van der Waals surface area contributed by atoms with Crippen LogP contribution in [0.25, 0.3) is 0 Å². The second kappa shape index (κ2) is 6.96. The van der Waals surface area contributed by atoms with Crippen molar-refractivity contribution in [3.05, 3.63) is 12.3 Å². The van der Waals surface area contributed by atoms with Crippen LogP contribution in [0.2, 0.25) is 0 Å². The third kappa shape index (κ3) is 6.64. The first-order valence-corrected chi connectivity index (χ1v) is 5.31. The fraction of sp³-hybridized carbons (Fsp3) is 0.818. The van der Waals surface area contributed by atoms with E-state index in [0.29, 0.717) is 6.10 Å². The second-order valence-electron chi connectivity index (χ2n) is 3.51. The molecule has 1 heterocycles. The molecule has 0 radical (unpaired) electrons. The van der Waals surface area contributed by atoms with Crippen molar-refractivity contribution in [2.75, 3.05) is 13.2 Å². The van der Waals surface area contributed by atoms with Gasteiger partial charge in [-0.05, 0) is 18.9 Å². The Morgan fingerprint density at radius 3 is 2.92 bits per heavy atom. The predicted octanol–water partition coefficient (Wildman–Crippen LogP) is 2.89. The molecule has 1 rings (SSSR count). The Balaban J connectivity index is 1.75. The van der Waals surface area contributed by atoms with Gasteiger partial charge in [-0.1, -0.05) is 26.2 Å². The molecule has 0 aliphatic carbocycles. The van der Waals surface area contributed by atoms with Gasteiger partial charge in [-0.15, -0.1) is 0 Å². The van der Waals surface area contributed by atoms with Crippen molar-refractivity contribution in [3.63, 3.8) is 0 Å². The number of epoxide rings is 1. The highest BCUT2D eigenvalue weighted by Gasteiger charge is 2.22. The van der Waals surface area contributed by atoms with Gasteiger partial charge in [0, 0.05) is 0 Å². The molecule has 0 bridgehead atoms. The number of rotatable bonds is 8. The fourth-order valence-corrected chi connectivity index (χ4v) is 1.15. The van der Waals surface area contributed by atoms with Crippen LogP contribution in [0.1, 0.15) is 39.0 Å². The molecular formula is C11H20O2. The molecule has 1 atom stereocenters. The summed E-state index contributed by atoms with van der Waals surface area (Å²) >= 11 is 0. The SMILES string of the molecule is CCCCCCC=COCC1CO1. The topological polar surface area (TPSA) is 21.8 Å². The molecule has 0 aromatic carbocycles. The van der Waals surface area contributed by atoms with E-state index in [4.69, 9.17) is 9.47 Å². The Morgan fingerprint density at radius 2 is 2.23 bits per heavy atom. The first kappa shape index (κ1) is 10.6. The van der Waals surface area contributed by atoms with E-state index in [2.05, 4.69) is 13.0 Å². The summed E-state index contributed by atoms with van der Waals surface area (Å²) in [5.74, 6) is 0. The molecule has 0 saturated carbocycles. The van der Waals surface area contributed by atoms with Crippen LogP contribution in [0.4, 0.5) is 0 Å². The van der Waals surface area contributed by atoms with Gasteiger partial charge in [-0.25, -0.2) is 0 Å². The number of hydrogen-bond acceptors (Lipinski definition) is 2. The fourth-order valence-electron chi connectivity index (χ4n) is 1.15. The Labute approximate surface area is 80.9 Å². The standard InChI is InChI=1S/C11H20O2/c1-2-3-4-5-6-7-8-12-9-11-10-13-11/h7-8,11H,2-6,9-10H2,1H3. The van der Waals surface area contributed by atoms with Gasteiger partial charge < -0.3 is 9.47 Å². The van der Waals surface area contributed by atoms with E-state index in [0.717, 1.165) is 19.6 Å².